The van der Waals surface area contributed by atoms with Crippen LogP contribution in [0.25, 0.3) is 0 Å². The van der Waals surface area contributed by atoms with Crippen LogP contribution in [0.15, 0.2) is 24.3 Å². The van der Waals surface area contributed by atoms with Gasteiger partial charge in [-0.05, 0) is 36.2 Å². The Morgan fingerprint density at radius 1 is 1.32 bits per heavy atom. The molecule has 0 radical (unpaired) electrons. The lowest BCUT2D eigenvalue weighted by Crippen LogP contribution is -2.30. The van der Waals surface area contributed by atoms with Crippen molar-refractivity contribution in [2.75, 3.05) is 0 Å². The van der Waals surface area contributed by atoms with Crippen molar-refractivity contribution >= 4 is 23.4 Å². The molecule has 0 spiro atoms. The van der Waals surface area contributed by atoms with Gasteiger partial charge in [0.2, 0.25) is 0 Å². The summed E-state index contributed by atoms with van der Waals surface area (Å²) in [5, 5.41) is 15.2. The minimum absolute atomic E-state index is 0.229. The number of aryl methyl sites for hydroxylation is 1. The standard InChI is InChI=1S/C14H12F3N3O4S/c1-7-12(25-20-19-7)13(23)18-10(6-11(21)22)8-2-4-9(5-3-8)24-14(15,16)17/h2-5,10H,6H2,1H3,(H,18,23)(H,21,22). The van der Waals surface area contributed by atoms with Crippen molar-refractivity contribution in [2.45, 2.75) is 25.7 Å². The summed E-state index contributed by atoms with van der Waals surface area (Å²) in [5.41, 5.74) is 0.714. The number of carbonyl (C=O) groups is 2. The number of halogens is 3. The summed E-state index contributed by atoms with van der Waals surface area (Å²) in [7, 11) is 0. The summed E-state index contributed by atoms with van der Waals surface area (Å²) in [6, 6.07) is 3.66. The van der Waals surface area contributed by atoms with E-state index in [0.29, 0.717) is 11.3 Å². The van der Waals surface area contributed by atoms with Crippen LogP contribution in [0.5, 0.6) is 5.75 Å². The number of nitrogens with zero attached hydrogens (tertiary/aromatic N) is 2. The van der Waals surface area contributed by atoms with E-state index in [9.17, 15) is 22.8 Å². The van der Waals surface area contributed by atoms with Crippen LogP contribution in [-0.4, -0.2) is 32.9 Å². The lowest BCUT2D eigenvalue weighted by Gasteiger charge is -2.17. The molecule has 1 aromatic heterocycles. The van der Waals surface area contributed by atoms with Gasteiger partial charge in [0.1, 0.15) is 10.6 Å². The zero-order valence-electron chi connectivity index (χ0n) is 12.7. The number of ether oxygens (including phenoxy) is 1. The summed E-state index contributed by atoms with van der Waals surface area (Å²) in [6.45, 7) is 1.58. The number of carboxylic acid groups (broad SMARTS) is 1. The molecule has 1 aromatic carbocycles. The SMILES string of the molecule is Cc1nnsc1C(=O)NC(CC(=O)O)c1ccc(OC(F)(F)F)cc1. The number of alkyl halides is 3. The molecule has 0 saturated carbocycles. The van der Waals surface area contributed by atoms with Gasteiger partial charge in [-0.3, -0.25) is 9.59 Å². The number of carbonyl (C=O) groups excluding carboxylic acids is 1. The first kappa shape index (κ1) is 18.6. The first-order valence-electron chi connectivity index (χ1n) is 6.83. The highest BCUT2D eigenvalue weighted by Gasteiger charge is 2.31. The zero-order valence-corrected chi connectivity index (χ0v) is 13.5. The molecule has 1 atom stereocenters. The third-order valence-electron chi connectivity index (χ3n) is 3.06. The fraction of sp³-hybridized carbons (Fsp3) is 0.286. The summed E-state index contributed by atoms with van der Waals surface area (Å²) < 4.78 is 43.9. The van der Waals surface area contributed by atoms with Crippen molar-refractivity contribution in [3.05, 3.63) is 40.4 Å². The molecule has 2 N–H and O–H groups in total. The molecule has 1 heterocycles. The molecule has 0 fully saturated rings. The molecule has 1 amide bonds. The number of aliphatic carboxylic acids is 1. The summed E-state index contributed by atoms with van der Waals surface area (Å²) in [6.07, 6.45) is -5.27. The van der Waals surface area contributed by atoms with Crippen molar-refractivity contribution in [3.63, 3.8) is 0 Å². The molecule has 0 bridgehead atoms. The van der Waals surface area contributed by atoms with Crippen LogP contribution in [0.2, 0.25) is 0 Å². The van der Waals surface area contributed by atoms with Crippen LogP contribution in [0.4, 0.5) is 13.2 Å². The largest absolute Gasteiger partial charge is 0.573 e. The third kappa shape index (κ3) is 5.41. The van der Waals surface area contributed by atoms with E-state index in [1.165, 1.54) is 12.1 Å². The van der Waals surface area contributed by atoms with Gasteiger partial charge in [-0.1, -0.05) is 16.6 Å². The molecule has 2 aromatic rings. The molecule has 0 aliphatic heterocycles. The molecule has 0 saturated heterocycles. The molecule has 0 aliphatic rings. The summed E-state index contributed by atoms with van der Waals surface area (Å²) >= 11 is 0.857. The van der Waals surface area contributed by atoms with E-state index in [2.05, 4.69) is 19.6 Å². The molecule has 25 heavy (non-hydrogen) atoms. The highest BCUT2D eigenvalue weighted by molar-refractivity contribution is 7.08. The third-order valence-corrected chi connectivity index (χ3v) is 3.88. The molecule has 134 valence electrons. The Hall–Kier alpha value is -2.69. The van der Waals surface area contributed by atoms with Gasteiger partial charge >= 0.3 is 12.3 Å². The van der Waals surface area contributed by atoms with Gasteiger partial charge in [-0.15, -0.1) is 18.3 Å². The maximum absolute atomic E-state index is 12.2. The Morgan fingerprint density at radius 3 is 2.44 bits per heavy atom. The van der Waals surface area contributed by atoms with Crippen molar-refractivity contribution < 1.29 is 32.6 Å². The fourth-order valence-electron chi connectivity index (χ4n) is 1.99. The van der Waals surface area contributed by atoms with Gasteiger partial charge in [0.15, 0.2) is 0 Å². The number of hydrogen-bond acceptors (Lipinski definition) is 6. The van der Waals surface area contributed by atoms with Crippen molar-refractivity contribution in [1.82, 2.24) is 14.9 Å². The number of carboxylic acids is 1. The maximum Gasteiger partial charge on any atom is 0.573 e. The zero-order chi connectivity index (χ0) is 18.6. The quantitative estimate of drug-likeness (QED) is 0.805. The highest BCUT2D eigenvalue weighted by Crippen LogP contribution is 2.26. The summed E-state index contributed by atoms with van der Waals surface area (Å²) in [5.74, 6) is -2.19. The average Bonchev–Trinajstić information content (AvgIpc) is 2.91. The first-order chi connectivity index (χ1) is 11.7. The van der Waals surface area contributed by atoms with E-state index in [0.717, 1.165) is 23.7 Å². The number of rotatable bonds is 6. The molecular formula is C14H12F3N3O4S. The number of amides is 1. The van der Waals surface area contributed by atoms with Crippen molar-refractivity contribution in [3.8, 4) is 5.75 Å². The van der Waals surface area contributed by atoms with Gasteiger partial charge in [0.25, 0.3) is 5.91 Å². The van der Waals surface area contributed by atoms with E-state index in [-0.39, 0.29) is 4.88 Å². The van der Waals surface area contributed by atoms with Crippen molar-refractivity contribution in [2.24, 2.45) is 0 Å². The van der Waals surface area contributed by atoms with Crippen LogP contribution >= 0.6 is 11.5 Å². The Labute approximate surface area is 143 Å². The smallest absolute Gasteiger partial charge is 0.481 e. The highest BCUT2D eigenvalue weighted by atomic mass is 32.1. The minimum atomic E-state index is -4.83. The predicted molar refractivity (Wildman–Crippen MR) is 80.2 cm³/mol. The van der Waals surface area contributed by atoms with Gasteiger partial charge < -0.3 is 15.2 Å². The second-order valence-electron chi connectivity index (χ2n) is 4.93. The first-order valence-corrected chi connectivity index (χ1v) is 7.60. The predicted octanol–water partition coefficient (Wildman–Crippen LogP) is 2.69. The Morgan fingerprint density at radius 2 is 1.96 bits per heavy atom. The van der Waals surface area contributed by atoms with Crippen LogP contribution in [0, 0.1) is 6.92 Å². The number of benzene rings is 1. The van der Waals surface area contributed by atoms with Crippen LogP contribution < -0.4 is 10.1 Å². The molecule has 1 unspecified atom stereocenters. The molecule has 11 heteroatoms. The fourth-order valence-corrected chi connectivity index (χ4v) is 2.55. The van der Waals surface area contributed by atoms with E-state index in [1.807, 2.05) is 0 Å². The van der Waals surface area contributed by atoms with E-state index in [4.69, 9.17) is 5.11 Å². The van der Waals surface area contributed by atoms with Crippen LogP contribution in [0.1, 0.15) is 33.4 Å². The van der Waals surface area contributed by atoms with Gasteiger partial charge in [0, 0.05) is 0 Å². The van der Waals surface area contributed by atoms with Gasteiger partial charge in [-0.25, -0.2) is 0 Å². The second-order valence-corrected chi connectivity index (χ2v) is 5.68. The summed E-state index contributed by atoms with van der Waals surface area (Å²) in [4.78, 5) is 23.5. The van der Waals surface area contributed by atoms with Crippen LogP contribution in [-0.2, 0) is 4.79 Å². The topological polar surface area (TPSA) is 101 Å². The van der Waals surface area contributed by atoms with E-state index < -0.39 is 36.5 Å². The molecular weight excluding hydrogens is 363 g/mol. The lowest BCUT2D eigenvalue weighted by atomic mass is 10.0. The Bertz CT molecular complexity index is 761. The van der Waals surface area contributed by atoms with E-state index >= 15 is 0 Å². The number of nitrogens with one attached hydrogen (secondary N) is 1. The molecule has 0 aliphatic carbocycles. The monoisotopic (exact) mass is 375 g/mol. The van der Waals surface area contributed by atoms with Crippen LogP contribution in [0.3, 0.4) is 0 Å². The lowest BCUT2D eigenvalue weighted by molar-refractivity contribution is -0.274. The van der Waals surface area contributed by atoms with Gasteiger partial charge in [0.05, 0.1) is 18.2 Å². The van der Waals surface area contributed by atoms with E-state index in [1.54, 1.807) is 6.92 Å². The Balaban J connectivity index is 2.18. The molecule has 7 nitrogen and oxygen atoms in total. The van der Waals surface area contributed by atoms with Crippen molar-refractivity contribution in [1.29, 1.82) is 0 Å². The normalized spacial score (nSPS) is 12.5. The second kappa shape index (κ2) is 7.47. The average molecular weight is 375 g/mol. The number of hydrogen-bond donors (Lipinski definition) is 2. The molecule has 2 rings (SSSR count). The minimum Gasteiger partial charge on any atom is -0.481 e. The maximum atomic E-state index is 12.2. The number of aromatic nitrogens is 2. The Kier molecular flexibility index (Phi) is 5.57. The van der Waals surface area contributed by atoms with Gasteiger partial charge in [-0.2, -0.15) is 0 Å².